The smallest absolute Gasteiger partial charge is 0.416 e. The number of phenolic OH excluding ortho intramolecular Hbond substituents is 2. The molecule has 2 N–H and O–H groups in total. The summed E-state index contributed by atoms with van der Waals surface area (Å²) in [5.74, 6) is -1.02. The number of alkyl halides is 6. The van der Waals surface area contributed by atoms with Crippen molar-refractivity contribution in [2.24, 2.45) is 0 Å². The molecule has 176 valence electrons. The molecule has 8 heteroatoms. The maximum atomic E-state index is 13.5. The van der Waals surface area contributed by atoms with Gasteiger partial charge in [-0.15, -0.1) is 0 Å². The lowest BCUT2D eigenvalue weighted by Crippen LogP contribution is -2.14. The highest BCUT2D eigenvalue weighted by atomic mass is 19.4. The molecule has 0 aromatic heterocycles. The van der Waals surface area contributed by atoms with Gasteiger partial charge in [-0.2, -0.15) is 26.3 Å². The molecule has 0 radical (unpaired) electrons. The Balaban J connectivity index is 2.40. The Kier molecular flexibility index (Phi) is 6.17. The van der Waals surface area contributed by atoms with Crippen molar-refractivity contribution >= 4 is 0 Å². The summed E-state index contributed by atoms with van der Waals surface area (Å²) in [5, 5.41) is 20.3. The Morgan fingerprint density at radius 2 is 0.788 bits per heavy atom. The highest BCUT2D eigenvalue weighted by Gasteiger charge is 2.38. The van der Waals surface area contributed by atoms with Crippen LogP contribution in [0.1, 0.15) is 56.0 Å². The predicted octanol–water partition coefficient (Wildman–Crippen LogP) is 7.55. The fraction of sp³-hybridized carbons (Fsp3) is 0.280. The fourth-order valence-electron chi connectivity index (χ4n) is 4.04. The van der Waals surface area contributed by atoms with Gasteiger partial charge in [-0.05, 0) is 84.8 Å². The number of hydrogen-bond donors (Lipinski definition) is 2. The first-order valence-electron chi connectivity index (χ1n) is 9.99. The van der Waals surface area contributed by atoms with E-state index in [4.69, 9.17) is 0 Å². The number of hydrogen-bond acceptors (Lipinski definition) is 2. The average molecular weight is 468 g/mol. The van der Waals surface area contributed by atoms with E-state index in [1.807, 2.05) is 0 Å². The van der Waals surface area contributed by atoms with Crippen LogP contribution >= 0.6 is 0 Å². The third-order valence-electron chi connectivity index (χ3n) is 5.64. The number of halogens is 6. The normalized spacial score (nSPS) is 12.5. The number of benzene rings is 3. The molecule has 0 fully saturated rings. The van der Waals surface area contributed by atoms with Crippen LogP contribution in [-0.2, 0) is 12.4 Å². The molecule has 0 atom stereocenters. The molecule has 2 nitrogen and oxygen atoms in total. The molecule has 3 aromatic rings. The third-order valence-corrected chi connectivity index (χ3v) is 5.64. The van der Waals surface area contributed by atoms with Gasteiger partial charge in [0.2, 0.25) is 0 Å². The zero-order valence-electron chi connectivity index (χ0n) is 18.3. The Morgan fingerprint density at radius 3 is 1.06 bits per heavy atom. The molecule has 0 saturated heterocycles. The van der Waals surface area contributed by atoms with Crippen molar-refractivity contribution in [3.63, 3.8) is 0 Å². The van der Waals surface area contributed by atoms with Crippen LogP contribution in [0.3, 0.4) is 0 Å². The van der Waals surface area contributed by atoms with Crippen molar-refractivity contribution < 1.29 is 36.6 Å². The van der Waals surface area contributed by atoms with Gasteiger partial charge in [0.25, 0.3) is 0 Å². The molecule has 0 aliphatic rings. The predicted molar refractivity (Wildman–Crippen MR) is 113 cm³/mol. The number of aryl methyl sites for hydroxylation is 4. The molecule has 0 heterocycles. The molecule has 3 rings (SSSR count). The standard InChI is InChI=1S/C25H22F6O2/c1-12-5-16(6-13(2)22(12)32)21(17-7-14(3)23(33)15(4)8-17)18-9-19(24(26,27)28)11-20(10-18)25(29,30)31/h5-11,21,32-33H,1-4H3. The Hall–Kier alpha value is -3.16. The van der Waals surface area contributed by atoms with Crippen molar-refractivity contribution in [2.45, 2.75) is 46.0 Å². The molecule has 0 bridgehead atoms. The second-order valence-electron chi connectivity index (χ2n) is 8.28. The van der Waals surface area contributed by atoms with Crippen molar-refractivity contribution in [3.05, 3.63) is 92.5 Å². The summed E-state index contributed by atoms with van der Waals surface area (Å²) in [6, 6.07) is 7.69. The summed E-state index contributed by atoms with van der Waals surface area (Å²) in [7, 11) is 0. The third kappa shape index (κ3) is 4.94. The molecule has 0 aliphatic heterocycles. The van der Waals surface area contributed by atoms with Gasteiger partial charge in [0.05, 0.1) is 11.1 Å². The van der Waals surface area contributed by atoms with Crippen LogP contribution < -0.4 is 0 Å². The Labute approximate surface area is 187 Å². The molecule has 0 amide bonds. The lowest BCUT2D eigenvalue weighted by molar-refractivity contribution is -0.143. The maximum Gasteiger partial charge on any atom is 0.416 e. The van der Waals surface area contributed by atoms with Crippen LogP contribution in [0.2, 0.25) is 0 Å². The van der Waals surface area contributed by atoms with Gasteiger partial charge >= 0.3 is 12.4 Å². The summed E-state index contributed by atoms with van der Waals surface area (Å²) < 4.78 is 81.2. The van der Waals surface area contributed by atoms with Gasteiger partial charge in [0.15, 0.2) is 0 Å². The first-order chi connectivity index (χ1) is 15.1. The first kappa shape index (κ1) is 24.5. The number of aromatic hydroxyl groups is 2. The number of phenols is 2. The van der Waals surface area contributed by atoms with Crippen molar-refractivity contribution in [1.29, 1.82) is 0 Å². The van der Waals surface area contributed by atoms with Crippen molar-refractivity contribution in [3.8, 4) is 11.5 Å². The van der Waals surface area contributed by atoms with Crippen LogP contribution in [0.5, 0.6) is 11.5 Å². The van der Waals surface area contributed by atoms with Gasteiger partial charge in [0.1, 0.15) is 11.5 Å². The van der Waals surface area contributed by atoms with E-state index < -0.39 is 29.4 Å². The Bertz CT molecular complexity index is 1070. The van der Waals surface area contributed by atoms with E-state index in [2.05, 4.69) is 0 Å². The molecular formula is C25H22F6O2. The second kappa shape index (κ2) is 8.32. The quantitative estimate of drug-likeness (QED) is 0.308. The zero-order chi connectivity index (χ0) is 24.9. The van der Waals surface area contributed by atoms with Crippen LogP contribution in [0.25, 0.3) is 0 Å². The molecular weight excluding hydrogens is 446 g/mol. The molecule has 3 aromatic carbocycles. The minimum absolute atomic E-state index is 0.00408. The van der Waals surface area contributed by atoms with E-state index in [9.17, 15) is 36.6 Å². The van der Waals surface area contributed by atoms with Crippen LogP contribution in [0, 0.1) is 27.7 Å². The van der Waals surface area contributed by atoms with Gasteiger partial charge < -0.3 is 10.2 Å². The van der Waals surface area contributed by atoms with E-state index in [1.54, 1.807) is 27.7 Å². The fourth-order valence-corrected chi connectivity index (χ4v) is 4.04. The molecule has 0 spiro atoms. The van der Waals surface area contributed by atoms with Gasteiger partial charge in [-0.1, -0.05) is 24.3 Å². The lowest BCUT2D eigenvalue weighted by Gasteiger charge is -2.24. The van der Waals surface area contributed by atoms with Crippen LogP contribution in [-0.4, -0.2) is 10.2 Å². The van der Waals surface area contributed by atoms with Crippen LogP contribution in [0.4, 0.5) is 26.3 Å². The SMILES string of the molecule is Cc1cc(C(c2cc(C(F)(F)F)cc(C(F)(F)F)c2)c2cc(C)c(O)c(C)c2)cc(C)c1O. The molecule has 0 saturated carbocycles. The van der Waals surface area contributed by atoms with Crippen LogP contribution in [0.15, 0.2) is 42.5 Å². The highest BCUT2D eigenvalue weighted by Crippen LogP contribution is 2.42. The minimum Gasteiger partial charge on any atom is -0.507 e. The topological polar surface area (TPSA) is 40.5 Å². The summed E-state index contributed by atoms with van der Waals surface area (Å²) in [5.41, 5.74) is -0.440. The van der Waals surface area contributed by atoms with Gasteiger partial charge in [-0.25, -0.2) is 0 Å². The summed E-state index contributed by atoms with van der Waals surface area (Å²) in [6.07, 6.45) is -9.97. The van der Waals surface area contributed by atoms with Gasteiger partial charge in [0, 0.05) is 5.92 Å². The average Bonchev–Trinajstić information content (AvgIpc) is 2.68. The van der Waals surface area contributed by atoms with E-state index >= 15 is 0 Å². The minimum atomic E-state index is -4.98. The van der Waals surface area contributed by atoms with E-state index in [0.717, 1.165) is 12.1 Å². The summed E-state index contributed by atoms with van der Waals surface area (Å²) in [4.78, 5) is 0. The Morgan fingerprint density at radius 1 is 0.515 bits per heavy atom. The second-order valence-corrected chi connectivity index (χ2v) is 8.28. The van der Waals surface area contributed by atoms with Crippen molar-refractivity contribution in [2.75, 3.05) is 0 Å². The van der Waals surface area contributed by atoms with E-state index in [-0.39, 0.29) is 23.1 Å². The summed E-state index contributed by atoms with van der Waals surface area (Å²) in [6.45, 7) is 6.40. The maximum absolute atomic E-state index is 13.5. The first-order valence-corrected chi connectivity index (χ1v) is 9.99. The summed E-state index contributed by atoms with van der Waals surface area (Å²) >= 11 is 0. The molecule has 33 heavy (non-hydrogen) atoms. The zero-order valence-corrected chi connectivity index (χ0v) is 18.3. The van der Waals surface area contributed by atoms with E-state index in [1.165, 1.54) is 24.3 Å². The van der Waals surface area contributed by atoms with E-state index in [0.29, 0.717) is 33.4 Å². The van der Waals surface area contributed by atoms with Crippen molar-refractivity contribution in [1.82, 2.24) is 0 Å². The highest BCUT2D eigenvalue weighted by molar-refractivity contribution is 5.54. The molecule has 0 unspecified atom stereocenters. The number of rotatable bonds is 3. The monoisotopic (exact) mass is 468 g/mol. The van der Waals surface area contributed by atoms with Gasteiger partial charge in [-0.3, -0.25) is 0 Å². The largest absolute Gasteiger partial charge is 0.507 e. The molecule has 0 aliphatic carbocycles. The lowest BCUT2D eigenvalue weighted by atomic mass is 9.81.